The molecule has 7 nitrogen and oxygen atoms in total. The fourth-order valence-corrected chi connectivity index (χ4v) is 6.49. The molecule has 3 aliphatic rings. The molecule has 0 aromatic rings. The molecule has 1 aliphatic carbocycles. The van der Waals surface area contributed by atoms with E-state index in [1.165, 1.54) is 12.8 Å². The van der Waals surface area contributed by atoms with Crippen molar-refractivity contribution in [3.05, 3.63) is 0 Å². The van der Waals surface area contributed by atoms with Gasteiger partial charge in [0.25, 0.3) is 0 Å². The van der Waals surface area contributed by atoms with E-state index >= 15 is 0 Å². The smallest absolute Gasteiger partial charge is 0.234 e. The summed E-state index contributed by atoms with van der Waals surface area (Å²) in [4.78, 5) is 16.6. The number of aliphatic hydroxyl groups is 1. The molecule has 3 fully saturated rings. The first-order valence-electron chi connectivity index (χ1n) is 9.89. The number of nitrogens with one attached hydrogen (secondary N) is 1. The largest absolute Gasteiger partial charge is 0.390 e. The number of carbonyl (C=O) groups is 1. The Hall–Kier alpha value is -0.700. The summed E-state index contributed by atoms with van der Waals surface area (Å²) in [6.07, 6.45) is 2.71. The molecule has 8 heteroatoms. The Bertz CT molecular complexity index is 604. The lowest BCUT2D eigenvalue weighted by Gasteiger charge is -2.39. The summed E-state index contributed by atoms with van der Waals surface area (Å²) >= 11 is 0. The molecule has 2 aliphatic heterocycles. The van der Waals surface area contributed by atoms with Crippen molar-refractivity contribution in [3.8, 4) is 0 Å². The van der Waals surface area contributed by atoms with E-state index in [4.69, 9.17) is 0 Å². The van der Waals surface area contributed by atoms with Crippen molar-refractivity contribution in [2.24, 2.45) is 11.8 Å². The van der Waals surface area contributed by atoms with E-state index in [1.54, 1.807) is 0 Å². The Morgan fingerprint density at radius 3 is 2.42 bits per heavy atom. The van der Waals surface area contributed by atoms with Gasteiger partial charge >= 0.3 is 0 Å². The standard InChI is InChI=1S/C18H33N3O4S/c1-13-4-3-5-15(14(13)2)19-18(23)10-20-6-8-21(9-7-20)16-11-26(24,25)12-17(16)22/h13-17,22H,3-12H2,1-2H3,(H,19,23)/t13-,14+,15+,16-,17+/m1/s1. The monoisotopic (exact) mass is 387 g/mol. The maximum Gasteiger partial charge on any atom is 0.234 e. The van der Waals surface area contributed by atoms with Gasteiger partial charge in [0.2, 0.25) is 5.91 Å². The summed E-state index contributed by atoms with van der Waals surface area (Å²) in [7, 11) is -3.12. The number of piperazine rings is 1. The van der Waals surface area contributed by atoms with E-state index in [2.05, 4.69) is 29.0 Å². The summed E-state index contributed by atoms with van der Waals surface area (Å²) in [6.45, 7) is 7.74. The Labute approximate surface area is 157 Å². The van der Waals surface area contributed by atoms with Crippen molar-refractivity contribution < 1.29 is 18.3 Å². The molecule has 1 saturated carbocycles. The molecule has 0 spiro atoms. The summed E-state index contributed by atoms with van der Waals surface area (Å²) in [6, 6.07) is -0.00747. The highest BCUT2D eigenvalue weighted by molar-refractivity contribution is 7.91. The van der Waals surface area contributed by atoms with Gasteiger partial charge < -0.3 is 10.4 Å². The molecular formula is C18H33N3O4S. The van der Waals surface area contributed by atoms with Crippen molar-refractivity contribution in [3.63, 3.8) is 0 Å². The molecule has 2 N–H and O–H groups in total. The Morgan fingerprint density at radius 2 is 1.81 bits per heavy atom. The summed E-state index contributed by atoms with van der Waals surface area (Å²) in [5.74, 6) is 1.19. The predicted octanol–water partition coefficient (Wildman–Crippen LogP) is -0.297. The molecule has 26 heavy (non-hydrogen) atoms. The van der Waals surface area contributed by atoms with Gasteiger partial charge in [-0.25, -0.2) is 8.42 Å². The van der Waals surface area contributed by atoms with Gasteiger partial charge in [0.1, 0.15) is 0 Å². The van der Waals surface area contributed by atoms with E-state index in [0.717, 1.165) is 19.5 Å². The van der Waals surface area contributed by atoms with Crippen LogP contribution in [0.2, 0.25) is 0 Å². The molecule has 0 radical (unpaired) electrons. The third kappa shape index (κ3) is 4.77. The molecule has 150 valence electrons. The van der Waals surface area contributed by atoms with Crippen molar-refractivity contribution in [1.29, 1.82) is 0 Å². The third-order valence-corrected chi connectivity index (χ3v) is 8.29. The zero-order chi connectivity index (χ0) is 18.9. The van der Waals surface area contributed by atoms with Crippen LogP contribution in [0.3, 0.4) is 0 Å². The lowest BCUT2D eigenvalue weighted by atomic mass is 9.78. The zero-order valence-corrected chi connectivity index (χ0v) is 16.7. The van der Waals surface area contributed by atoms with Crippen LogP contribution < -0.4 is 5.32 Å². The number of nitrogens with zero attached hydrogens (tertiary/aromatic N) is 2. The molecule has 0 unspecified atom stereocenters. The highest BCUT2D eigenvalue weighted by Gasteiger charge is 2.40. The number of aliphatic hydroxyl groups excluding tert-OH is 1. The number of hydrogen-bond acceptors (Lipinski definition) is 6. The number of carbonyl (C=O) groups excluding carboxylic acids is 1. The number of hydrogen-bond donors (Lipinski definition) is 2. The number of amides is 1. The lowest BCUT2D eigenvalue weighted by molar-refractivity contribution is -0.124. The van der Waals surface area contributed by atoms with Gasteiger partial charge in [-0.1, -0.05) is 26.7 Å². The average Bonchev–Trinajstić information content (AvgIpc) is 2.85. The van der Waals surface area contributed by atoms with Gasteiger partial charge in [0.15, 0.2) is 9.84 Å². The SMILES string of the molecule is C[C@H]1[C@H](C)CCC[C@@H]1NC(=O)CN1CCN([C@@H]2CS(=O)(=O)C[C@@H]2O)CC1. The van der Waals surface area contributed by atoms with E-state index in [1.807, 2.05) is 0 Å². The second-order valence-electron chi connectivity index (χ2n) is 8.47. The molecule has 2 heterocycles. The van der Waals surface area contributed by atoms with Crippen LogP contribution in [0.4, 0.5) is 0 Å². The molecule has 2 saturated heterocycles. The van der Waals surface area contributed by atoms with E-state index < -0.39 is 15.9 Å². The first-order chi connectivity index (χ1) is 12.2. The highest BCUT2D eigenvalue weighted by Crippen LogP contribution is 2.29. The molecule has 3 rings (SSSR count). The minimum Gasteiger partial charge on any atom is -0.390 e. The summed E-state index contributed by atoms with van der Waals surface area (Å²) in [5.41, 5.74) is 0. The van der Waals surface area contributed by atoms with Crippen LogP contribution in [0, 0.1) is 11.8 Å². The van der Waals surface area contributed by atoms with E-state index in [0.29, 0.717) is 31.5 Å². The molecule has 0 aromatic heterocycles. The maximum atomic E-state index is 12.4. The topological polar surface area (TPSA) is 90.0 Å². The van der Waals surface area contributed by atoms with Gasteiger partial charge in [0, 0.05) is 32.2 Å². The third-order valence-electron chi connectivity index (χ3n) is 6.59. The first-order valence-corrected chi connectivity index (χ1v) is 11.7. The molecule has 1 amide bonds. The Kier molecular flexibility index (Phi) is 6.26. The van der Waals surface area contributed by atoms with Crippen LogP contribution in [0.5, 0.6) is 0 Å². The van der Waals surface area contributed by atoms with Crippen LogP contribution >= 0.6 is 0 Å². The van der Waals surface area contributed by atoms with Crippen LogP contribution in [-0.2, 0) is 14.6 Å². The predicted molar refractivity (Wildman–Crippen MR) is 101 cm³/mol. The summed E-state index contributed by atoms with van der Waals surface area (Å²) in [5, 5.41) is 13.2. The number of rotatable bonds is 4. The lowest BCUT2D eigenvalue weighted by Crippen LogP contribution is -2.55. The fourth-order valence-electron chi connectivity index (χ4n) is 4.65. The van der Waals surface area contributed by atoms with Crippen molar-refractivity contribution in [2.75, 3.05) is 44.2 Å². The molecule has 0 bridgehead atoms. The summed E-state index contributed by atoms with van der Waals surface area (Å²) < 4.78 is 23.4. The van der Waals surface area contributed by atoms with Gasteiger partial charge in [-0.3, -0.25) is 14.6 Å². The van der Waals surface area contributed by atoms with Crippen LogP contribution in [-0.4, -0.2) is 91.6 Å². The van der Waals surface area contributed by atoms with E-state index in [9.17, 15) is 18.3 Å². The zero-order valence-electron chi connectivity index (χ0n) is 15.9. The average molecular weight is 388 g/mol. The van der Waals surface area contributed by atoms with Gasteiger partial charge in [0.05, 0.1) is 30.2 Å². The second kappa shape index (κ2) is 8.12. The fraction of sp³-hybridized carbons (Fsp3) is 0.944. The van der Waals surface area contributed by atoms with E-state index in [-0.39, 0.29) is 29.5 Å². The van der Waals surface area contributed by atoms with Gasteiger partial charge in [-0.05, 0) is 18.3 Å². The highest BCUT2D eigenvalue weighted by atomic mass is 32.2. The van der Waals surface area contributed by atoms with Crippen LogP contribution in [0.1, 0.15) is 33.1 Å². The van der Waals surface area contributed by atoms with Crippen molar-refractivity contribution in [1.82, 2.24) is 15.1 Å². The second-order valence-corrected chi connectivity index (χ2v) is 10.6. The molecular weight excluding hydrogens is 354 g/mol. The Balaban J connectivity index is 1.43. The van der Waals surface area contributed by atoms with Crippen molar-refractivity contribution in [2.45, 2.75) is 51.3 Å². The minimum absolute atomic E-state index is 0.0480. The first kappa shape index (κ1) is 20.0. The molecule has 0 aromatic carbocycles. The normalized spacial score (nSPS) is 39.0. The Morgan fingerprint density at radius 1 is 1.12 bits per heavy atom. The number of sulfone groups is 1. The van der Waals surface area contributed by atoms with Crippen molar-refractivity contribution >= 4 is 15.7 Å². The van der Waals surface area contributed by atoms with Gasteiger partial charge in [-0.15, -0.1) is 0 Å². The molecule has 5 atom stereocenters. The van der Waals surface area contributed by atoms with Crippen LogP contribution in [0.25, 0.3) is 0 Å². The van der Waals surface area contributed by atoms with Crippen LogP contribution in [0.15, 0.2) is 0 Å². The maximum absolute atomic E-state index is 12.4. The van der Waals surface area contributed by atoms with Gasteiger partial charge in [-0.2, -0.15) is 0 Å². The quantitative estimate of drug-likeness (QED) is 0.689. The minimum atomic E-state index is -3.12.